The minimum Gasteiger partial charge on any atom is -0.492 e. The fourth-order valence-corrected chi connectivity index (χ4v) is 6.88. The van der Waals surface area contributed by atoms with E-state index in [2.05, 4.69) is 5.32 Å². The fraction of sp³-hybridized carbons (Fsp3) is 0.394. The summed E-state index contributed by atoms with van der Waals surface area (Å²) < 4.78 is 35.0. The number of ether oxygens (including phenoxy) is 1. The number of hydrogen-bond donors (Lipinski definition) is 1. The first-order chi connectivity index (χ1) is 20.3. The maximum atomic E-state index is 14.2. The van der Waals surface area contributed by atoms with Crippen LogP contribution in [0.5, 0.6) is 5.75 Å². The van der Waals surface area contributed by atoms with Crippen LogP contribution in [0.1, 0.15) is 51.5 Å². The van der Waals surface area contributed by atoms with Gasteiger partial charge in [-0.1, -0.05) is 80.4 Å². The number of para-hydroxylation sites is 2. The third kappa shape index (κ3) is 7.70. The minimum atomic E-state index is -4.16. The van der Waals surface area contributed by atoms with Gasteiger partial charge in [-0.15, -0.1) is 0 Å². The molecule has 2 amide bonds. The zero-order chi connectivity index (χ0) is 30.0. The number of hydrogen-bond acceptors (Lipinski definition) is 5. The lowest BCUT2D eigenvalue weighted by Crippen LogP contribution is -2.54. The summed E-state index contributed by atoms with van der Waals surface area (Å²) in [6, 6.07) is 24.0. The van der Waals surface area contributed by atoms with Crippen molar-refractivity contribution < 1.29 is 22.7 Å². The Labute approximate surface area is 249 Å². The van der Waals surface area contributed by atoms with Crippen LogP contribution in [0.15, 0.2) is 89.8 Å². The van der Waals surface area contributed by atoms with Gasteiger partial charge in [0, 0.05) is 12.6 Å². The molecule has 0 bridgehead atoms. The molecule has 0 spiro atoms. The van der Waals surface area contributed by atoms with Crippen molar-refractivity contribution in [3.63, 3.8) is 0 Å². The van der Waals surface area contributed by atoms with E-state index in [0.717, 1.165) is 35.6 Å². The van der Waals surface area contributed by atoms with Crippen LogP contribution in [0.3, 0.4) is 0 Å². The average Bonchev–Trinajstić information content (AvgIpc) is 3.52. The van der Waals surface area contributed by atoms with E-state index >= 15 is 0 Å². The molecule has 3 aromatic rings. The highest BCUT2D eigenvalue weighted by Crippen LogP contribution is 2.33. The van der Waals surface area contributed by atoms with Crippen molar-refractivity contribution in [1.82, 2.24) is 10.2 Å². The number of benzene rings is 3. The Kier molecular flexibility index (Phi) is 11.0. The summed E-state index contributed by atoms with van der Waals surface area (Å²) in [5, 5.41) is 3.15. The summed E-state index contributed by atoms with van der Waals surface area (Å²) in [4.78, 5) is 29.4. The first-order valence-electron chi connectivity index (χ1n) is 14.8. The molecule has 1 atom stereocenters. The van der Waals surface area contributed by atoms with Gasteiger partial charge in [-0.25, -0.2) is 8.42 Å². The number of anilines is 1. The second kappa shape index (κ2) is 14.9. The lowest BCUT2D eigenvalue weighted by Gasteiger charge is -2.34. The number of carbonyl (C=O) groups excluding carboxylic acids is 2. The van der Waals surface area contributed by atoms with E-state index in [-0.39, 0.29) is 29.1 Å². The largest absolute Gasteiger partial charge is 0.492 e. The predicted molar refractivity (Wildman–Crippen MR) is 165 cm³/mol. The summed E-state index contributed by atoms with van der Waals surface area (Å²) >= 11 is 0. The number of amides is 2. The van der Waals surface area contributed by atoms with Crippen LogP contribution in [-0.4, -0.2) is 56.9 Å². The molecule has 1 N–H and O–H groups in total. The van der Waals surface area contributed by atoms with Crippen LogP contribution in [0.2, 0.25) is 0 Å². The molecule has 0 unspecified atom stereocenters. The standard InChI is InChI=1S/C33H41N3O5S/c1-3-29(33(38)34-27-17-11-12-18-27)35(24-23-26-15-7-5-8-16-26)32(37)25-36(30-21-13-14-22-31(30)41-4-2)42(39,40)28-19-9-6-10-20-28/h5-10,13-16,19-22,27,29H,3-4,11-12,17-18,23-25H2,1-2H3,(H,34,38)/t29-/m0/s1. The van der Waals surface area contributed by atoms with E-state index in [9.17, 15) is 18.0 Å². The van der Waals surface area contributed by atoms with Gasteiger partial charge in [0.1, 0.15) is 18.3 Å². The number of sulfonamides is 1. The molecule has 1 aliphatic carbocycles. The fourth-order valence-electron chi connectivity index (χ4n) is 5.44. The zero-order valence-electron chi connectivity index (χ0n) is 24.4. The van der Waals surface area contributed by atoms with Crippen LogP contribution < -0.4 is 14.4 Å². The number of nitrogens with one attached hydrogen (secondary N) is 1. The average molecular weight is 592 g/mol. The SMILES string of the molecule is CCOc1ccccc1N(CC(=O)N(CCc1ccccc1)[C@@H](CC)C(=O)NC1CCCC1)S(=O)(=O)c1ccccc1. The molecular formula is C33H41N3O5S. The van der Waals surface area contributed by atoms with E-state index in [1.165, 1.54) is 12.1 Å². The van der Waals surface area contributed by atoms with Crippen molar-refractivity contribution in [3.05, 3.63) is 90.5 Å². The molecule has 1 aliphatic rings. The molecule has 9 heteroatoms. The van der Waals surface area contributed by atoms with Crippen molar-refractivity contribution >= 4 is 27.5 Å². The highest BCUT2D eigenvalue weighted by molar-refractivity contribution is 7.92. The van der Waals surface area contributed by atoms with Crippen LogP contribution in [0.4, 0.5) is 5.69 Å². The Morgan fingerprint density at radius 2 is 1.52 bits per heavy atom. The molecule has 4 rings (SSSR count). The van der Waals surface area contributed by atoms with Gasteiger partial charge in [-0.3, -0.25) is 13.9 Å². The van der Waals surface area contributed by atoms with E-state index in [0.29, 0.717) is 25.2 Å². The first-order valence-corrected chi connectivity index (χ1v) is 16.2. The Balaban J connectivity index is 1.70. The van der Waals surface area contributed by atoms with Gasteiger partial charge in [0.05, 0.1) is 17.2 Å². The molecule has 0 heterocycles. The van der Waals surface area contributed by atoms with Gasteiger partial charge in [0.2, 0.25) is 11.8 Å². The summed E-state index contributed by atoms with van der Waals surface area (Å²) in [7, 11) is -4.16. The molecule has 8 nitrogen and oxygen atoms in total. The third-order valence-corrected chi connectivity index (χ3v) is 9.39. The second-order valence-corrected chi connectivity index (χ2v) is 12.3. The lowest BCUT2D eigenvalue weighted by molar-refractivity contribution is -0.139. The van der Waals surface area contributed by atoms with E-state index in [4.69, 9.17) is 4.74 Å². The molecular weight excluding hydrogens is 550 g/mol. The highest BCUT2D eigenvalue weighted by atomic mass is 32.2. The van der Waals surface area contributed by atoms with Gasteiger partial charge in [0.25, 0.3) is 10.0 Å². The lowest BCUT2D eigenvalue weighted by atomic mass is 10.1. The van der Waals surface area contributed by atoms with Gasteiger partial charge < -0.3 is 15.0 Å². The maximum absolute atomic E-state index is 14.2. The molecule has 224 valence electrons. The van der Waals surface area contributed by atoms with Crippen molar-refractivity contribution in [2.75, 3.05) is 24.0 Å². The van der Waals surface area contributed by atoms with E-state index in [1.807, 2.05) is 44.2 Å². The van der Waals surface area contributed by atoms with E-state index in [1.54, 1.807) is 47.4 Å². The summed E-state index contributed by atoms with van der Waals surface area (Å²) in [6.07, 6.45) is 4.93. The van der Waals surface area contributed by atoms with Crippen molar-refractivity contribution in [2.45, 2.75) is 69.4 Å². The van der Waals surface area contributed by atoms with Crippen molar-refractivity contribution in [3.8, 4) is 5.75 Å². The number of nitrogens with zero attached hydrogens (tertiary/aromatic N) is 2. The summed E-state index contributed by atoms with van der Waals surface area (Å²) in [5.74, 6) is -0.294. The molecule has 0 aliphatic heterocycles. The Morgan fingerprint density at radius 1 is 0.905 bits per heavy atom. The molecule has 0 radical (unpaired) electrons. The number of carbonyl (C=O) groups is 2. The Bertz CT molecular complexity index is 1410. The molecule has 3 aromatic carbocycles. The quantitative estimate of drug-likeness (QED) is 0.278. The number of rotatable bonds is 14. The van der Waals surface area contributed by atoms with Gasteiger partial charge in [-0.05, 0) is 62.4 Å². The predicted octanol–water partition coefficient (Wildman–Crippen LogP) is 5.19. The zero-order valence-corrected chi connectivity index (χ0v) is 25.3. The van der Waals surface area contributed by atoms with Crippen molar-refractivity contribution in [2.24, 2.45) is 0 Å². The van der Waals surface area contributed by atoms with Crippen LogP contribution in [-0.2, 0) is 26.0 Å². The van der Waals surface area contributed by atoms with Crippen LogP contribution >= 0.6 is 0 Å². The Hall–Kier alpha value is -3.85. The van der Waals surface area contributed by atoms with Gasteiger partial charge >= 0.3 is 0 Å². The highest BCUT2D eigenvalue weighted by Gasteiger charge is 2.35. The molecule has 1 saturated carbocycles. The molecule has 42 heavy (non-hydrogen) atoms. The van der Waals surface area contributed by atoms with Crippen molar-refractivity contribution in [1.29, 1.82) is 0 Å². The molecule has 0 saturated heterocycles. The van der Waals surface area contributed by atoms with Crippen LogP contribution in [0, 0.1) is 0 Å². The summed E-state index contributed by atoms with van der Waals surface area (Å²) in [5.41, 5.74) is 1.29. The first kappa shape index (κ1) is 31.1. The minimum absolute atomic E-state index is 0.0611. The van der Waals surface area contributed by atoms with Crippen LogP contribution in [0.25, 0.3) is 0 Å². The second-order valence-electron chi connectivity index (χ2n) is 10.5. The topological polar surface area (TPSA) is 96.0 Å². The monoisotopic (exact) mass is 591 g/mol. The van der Waals surface area contributed by atoms with Gasteiger partial charge in [0.15, 0.2) is 0 Å². The van der Waals surface area contributed by atoms with E-state index < -0.39 is 28.5 Å². The third-order valence-electron chi connectivity index (χ3n) is 7.62. The normalized spacial score (nSPS) is 14.2. The maximum Gasteiger partial charge on any atom is 0.264 e. The summed E-state index contributed by atoms with van der Waals surface area (Å²) in [6.45, 7) is 3.81. The Morgan fingerprint density at radius 3 is 2.17 bits per heavy atom. The molecule has 0 aromatic heterocycles. The van der Waals surface area contributed by atoms with Gasteiger partial charge in [-0.2, -0.15) is 0 Å². The molecule has 1 fully saturated rings. The smallest absolute Gasteiger partial charge is 0.264 e.